The lowest BCUT2D eigenvalue weighted by Gasteiger charge is -2.31. The van der Waals surface area contributed by atoms with Crippen LogP contribution in [-0.2, 0) is 0 Å². The predicted molar refractivity (Wildman–Crippen MR) is 76.6 cm³/mol. The second kappa shape index (κ2) is 6.91. The van der Waals surface area contributed by atoms with Crippen LogP contribution in [0.1, 0.15) is 65.2 Å². The fourth-order valence-electron chi connectivity index (χ4n) is 3.70. The largest absolute Gasteiger partial charge is 0.392 e. The number of aliphatic hydroxyl groups is 1. The van der Waals surface area contributed by atoms with E-state index in [4.69, 9.17) is 0 Å². The molecule has 2 N–H and O–H groups in total. The van der Waals surface area contributed by atoms with Crippen molar-refractivity contribution in [3.8, 4) is 0 Å². The highest BCUT2D eigenvalue weighted by molar-refractivity contribution is 4.88. The first-order valence-electron chi connectivity index (χ1n) is 8.16. The number of hydrogen-bond acceptors (Lipinski definition) is 2. The molecule has 0 aromatic rings. The SMILES string of the molecule is CCC(CC)C(O)CNC1CCCC(C2CC2)C1. The summed E-state index contributed by atoms with van der Waals surface area (Å²) >= 11 is 0. The van der Waals surface area contributed by atoms with Crippen molar-refractivity contribution in [1.82, 2.24) is 5.32 Å². The average molecular weight is 253 g/mol. The minimum absolute atomic E-state index is 0.152. The Kier molecular flexibility index (Phi) is 5.50. The third kappa shape index (κ3) is 3.96. The molecule has 0 aromatic carbocycles. The van der Waals surface area contributed by atoms with Crippen LogP contribution < -0.4 is 5.32 Å². The number of rotatable bonds is 7. The van der Waals surface area contributed by atoms with Crippen LogP contribution >= 0.6 is 0 Å². The highest BCUT2D eigenvalue weighted by atomic mass is 16.3. The lowest BCUT2D eigenvalue weighted by molar-refractivity contribution is 0.0941. The van der Waals surface area contributed by atoms with Gasteiger partial charge in [-0.2, -0.15) is 0 Å². The first-order valence-corrected chi connectivity index (χ1v) is 8.16. The summed E-state index contributed by atoms with van der Waals surface area (Å²) in [6.45, 7) is 5.16. The van der Waals surface area contributed by atoms with Crippen molar-refractivity contribution < 1.29 is 5.11 Å². The molecule has 2 heteroatoms. The van der Waals surface area contributed by atoms with E-state index in [0.717, 1.165) is 31.2 Å². The summed E-state index contributed by atoms with van der Waals surface area (Å²) in [6.07, 6.45) is 10.5. The van der Waals surface area contributed by atoms with E-state index in [-0.39, 0.29) is 6.10 Å². The Morgan fingerprint density at radius 3 is 2.39 bits per heavy atom. The van der Waals surface area contributed by atoms with Crippen molar-refractivity contribution in [1.29, 1.82) is 0 Å². The molecule has 3 unspecified atom stereocenters. The van der Waals surface area contributed by atoms with E-state index in [2.05, 4.69) is 19.2 Å². The third-order valence-electron chi connectivity index (χ3n) is 5.21. The van der Waals surface area contributed by atoms with Crippen LogP contribution in [0.3, 0.4) is 0 Å². The molecule has 2 rings (SSSR count). The van der Waals surface area contributed by atoms with E-state index in [1.54, 1.807) is 0 Å². The summed E-state index contributed by atoms with van der Waals surface area (Å²) in [7, 11) is 0. The summed E-state index contributed by atoms with van der Waals surface area (Å²) in [5.74, 6) is 2.51. The Balaban J connectivity index is 1.68. The van der Waals surface area contributed by atoms with Crippen LogP contribution in [0.2, 0.25) is 0 Å². The molecule has 0 heterocycles. The van der Waals surface area contributed by atoms with Gasteiger partial charge in [-0.1, -0.05) is 39.5 Å². The van der Waals surface area contributed by atoms with E-state index >= 15 is 0 Å². The number of nitrogens with one attached hydrogen (secondary N) is 1. The highest BCUT2D eigenvalue weighted by Gasteiger charge is 2.34. The number of aliphatic hydroxyl groups excluding tert-OH is 1. The summed E-state index contributed by atoms with van der Waals surface area (Å²) in [5, 5.41) is 13.8. The van der Waals surface area contributed by atoms with Crippen molar-refractivity contribution in [3.05, 3.63) is 0 Å². The molecule has 0 aliphatic heterocycles. The molecule has 3 atom stereocenters. The van der Waals surface area contributed by atoms with Crippen LogP contribution in [0, 0.1) is 17.8 Å². The zero-order chi connectivity index (χ0) is 13.0. The van der Waals surface area contributed by atoms with Gasteiger partial charge in [0.2, 0.25) is 0 Å². The van der Waals surface area contributed by atoms with Gasteiger partial charge >= 0.3 is 0 Å². The molecular weight excluding hydrogens is 222 g/mol. The van der Waals surface area contributed by atoms with E-state index < -0.39 is 0 Å². The van der Waals surface area contributed by atoms with Crippen molar-refractivity contribution in [2.45, 2.75) is 77.4 Å². The molecular formula is C16H31NO. The maximum atomic E-state index is 10.2. The molecule has 18 heavy (non-hydrogen) atoms. The van der Waals surface area contributed by atoms with Gasteiger partial charge < -0.3 is 10.4 Å². The first kappa shape index (κ1) is 14.3. The fraction of sp³-hybridized carbons (Fsp3) is 1.00. The Bertz CT molecular complexity index is 235. The molecule has 0 aromatic heterocycles. The van der Waals surface area contributed by atoms with E-state index in [1.807, 2.05) is 0 Å². The second-order valence-electron chi connectivity index (χ2n) is 6.51. The monoisotopic (exact) mass is 253 g/mol. The molecule has 2 nitrogen and oxygen atoms in total. The van der Waals surface area contributed by atoms with Crippen LogP contribution in [0.15, 0.2) is 0 Å². The maximum Gasteiger partial charge on any atom is 0.0692 e. The van der Waals surface area contributed by atoms with E-state index in [1.165, 1.54) is 38.5 Å². The summed E-state index contributed by atoms with van der Waals surface area (Å²) in [5.41, 5.74) is 0. The van der Waals surface area contributed by atoms with Gasteiger partial charge in [-0.25, -0.2) is 0 Å². The van der Waals surface area contributed by atoms with Gasteiger partial charge in [-0.3, -0.25) is 0 Å². The molecule has 0 amide bonds. The van der Waals surface area contributed by atoms with E-state index in [0.29, 0.717) is 12.0 Å². The number of hydrogen-bond donors (Lipinski definition) is 2. The summed E-state index contributed by atoms with van der Waals surface area (Å²) < 4.78 is 0. The minimum Gasteiger partial charge on any atom is -0.392 e. The predicted octanol–water partition coefficient (Wildman–Crippen LogP) is 3.34. The molecule has 0 bridgehead atoms. The zero-order valence-electron chi connectivity index (χ0n) is 12.2. The Morgan fingerprint density at radius 2 is 1.78 bits per heavy atom. The smallest absolute Gasteiger partial charge is 0.0692 e. The van der Waals surface area contributed by atoms with Crippen molar-refractivity contribution in [3.63, 3.8) is 0 Å². The van der Waals surface area contributed by atoms with Crippen LogP contribution in [0.4, 0.5) is 0 Å². The molecule has 2 aliphatic rings. The van der Waals surface area contributed by atoms with Gasteiger partial charge in [-0.15, -0.1) is 0 Å². The summed E-state index contributed by atoms with van der Waals surface area (Å²) in [4.78, 5) is 0. The van der Waals surface area contributed by atoms with Gasteiger partial charge in [0, 0.05) is 12.6 Å². The molecule has 2 aliphatic carbocycles. The van der Waals surface area contributed by atoms with Gasteiger partial charge in [0.15, 0.2) is 0 Å². The normalized spacial score (nSPS) is 30.7. The summed E-state index contributed by atoms with van der Waals surface area (Å²) in [6, 6.07) is 0.674. The van der Waals surface area contributed by atoms with Crippen LogP contribution in [0.5, 0.6) is 0 Å². The fourth-order valence-corrected chi connectivity index (χ4v) is 3.70. The van der Waals surface area contributed by atoms with Crippen molar-refractivity contribution >= 4 is 0 Å². The Labute approximate surface area is 113 Å². The molecule has 0 spiro atoms. The molecule has 2 saturated carbocycles. The van der Waals surface area contributed by atoms with Crippen molar-refractivity contribution in [2.24, 2.45) is 17.8 Å². The minimum atomic E-state index is -0.152. The lowest BCUT2D eigenvalue weighted by atomic mass is 9.82. The van der Waals surface area contributed by atoms with Crippen LogP contribution in [-0.4, -0.2) is 23.8 Å². The van der Waals surface area contributed by atoms with Gasteiger partial charge in [0.25, 0.3) is 0 Å². The average Bonchev–Trinajstić information content (AvgIpc) is 3.22. The maximum absolute atomic E-state index is 10.2. The Hall–Kier alpha value is -0.0800. The second-order valence-corrected chi connectivity index (χ2v) is 6.51. The molecule has 2 fully saturated rings. The first-order chi connectivity index (χ1) is 8.74. The molecule has 106 valence electrons. The standard InChI is InChI=1S/C16H31NO/c1-3-12(4-2)16(18)11-17-15-7-5-6-14(10-15)13-8-9-13/h12-18H,3-11H2,1-2H3. The lowest BCUT2D eigenvalue weighted by Crippen LogP contribution is -2.41. The molecule has 0 radical (unpaired) electrons. The van der Waals surface area contributed by atoms with Gasteiger partial charge in [-0.05, 0) is 43.4 Å². The van der Waals surface area contributed by atoms with Gasteiger partial charge in [0.1, 0.15) is 0 Å². The zero-order valence-corrected chi connectivity index (χ0v) is 12.2. The quantitative estimate of drug-likeness (QED) is 0.729. The highest BCUT2D eigenvalue weighted by Crippen LogP contribution is 2.43. The Morgan fingerprint density at radius 1 is 1.06 bits per heavy atom. The van der Waals surface area contributed by atoms with E-state index in [9.17, 15) is 5.11 Å². The molecule has 0 saturated heterocycles. The third-order valence-corrected chi connectivity index (χ3v) is 5.21. The van der Waals surface area contributed by atoms with Gasteiger partial charge in [0.05, 0.1) is 6.10 Å². The van der Waals surface area contributed by atoms with Crippen molar-refractivity contribution in [2.75, 3.05) is 6.54 Å². The topological polar surface area (TPSA) is 32.3 Å². The van der Waals surface area contributed by atoms with Crippen LogP contribution in [0.25, 0.3) is 0 Å².